The molecule has 1 heteroatoms. The summed E-state index contributed by atoms with van der Waals surface area (Å²) >= 11 is 0. The number of carbonyl (C=O) groups is 1. The van der Waals surface area contributed by atoms with Crippen LogP contribution >= 0.6 is 0 Å². The van der Waals surface area contributed by atoms with Crippen LogP contribution in [0.3, 0.4) is 0 Å². The van der Waals surface area contributed by atoms with E-state index in [0.29, 0.717) is 5.57 Å². The Kier molecular flexibility index (Phi) is 3.27. The second-order valence-corrected chi connectivity index (χ2v) is 3.43. The van der Waals surface area contributed by atoms with Crippen LogP contribution in [0.5, 0.6) is 0 Å². The molecule has 0 heterocycles. The summed E-state index contributed by atoms with van der Waals surface area (Å²) in [4.78, 5) is 11.6. The van der Waals surface area contributed by atoms with E-state index in [0.717, 1.165) is 12.8 Å². The van der Waals surface area contributed by atoms with Gasteiger partial charge in [0.2, 0.25) is 0 Å². The fraction of sp³-hybridized carbons (Fsp3) is 0.545. The number of carbonyl (C=O) groups excluding carboxylic acids is 1. The van der Waals surface area contributed by atoms with Crippen molar-refractivity contribution in [3.8, 4) is 0 Å². The molecule has 0 N–H and O–H groups in total. The van der Waals surface area contributed by atoms with Gasteiger partial charge in [-0.1, -0.05) is 38.5 Å². The molecule has 66 valence electrons. The van der Waals surface area contributed by atoms with Crippen LogP contribution in [0.25, 0.3) is 0 Å². The average molecular weight is 164 g/mol. The van der Waals surface area contributed by atoms with Crippen molar-refractivity contribution in [1.29, 1.82) is 0 Å². The smallest absolute Gasteiger partial charge is 0.165 e. The average Bonchev–Trinajstić information content (AvgIpc) is 2.17. The van der Waals surface area contributed by atoms with Gasteiger partial charge in [-0.25, -0.2) is 0 Å². The molecular formula is C11H16O. The largest absolute Gasteiger partial charge is 0.294 e. The molecular weight excluding hydrogens is 148 g/mol. The van der Waals surface area contributed by atoms with Gasteiger partial charge in [-0.15, -0.1) is 0 Å². The Morgan fingerprint density at radius 1 is 1.25 bits per heavy atom. The summed E-state index contributed by atoms with van der Waals surface area (Å²) in [5.41, 5.74) is 0.585. The van der Waals surface area contributed by atoms with Crippen molar-refractivity contribution >= 4 is 5.78 Å². The van der Waals surface area contributed by atoms with E-state index in [2.05, 4.69) is 13.2 Å². The van der Waals surface area contributed by atoms with Crippen molar-refractivity contribution in [1.82, 2.24) is 0 Å². The number of Topliss-reactive ketones (excluding diaryl/α,β-unsaturated/α-hetero) is 1. The van der Waals surface area contributed by atoms with E-state index in [1.165, 1.54) is 19.3 Å². The molecule has 1 fully saturated rings. The van der Waals surface area contributed by atoms with Gasteiger partial charge in [-0.05, 0) is 12.8 Å². The van der Waals surface area contributed by atoms with Gasteiger partial charge >= 0.3 is 0 Å². The maximum atomic E-state index is 11.6. The lowest BCUT2D eigenvalue weighted by molar-refractivity contribution is -0.119. The predicted octanol–water partition coefficient (Wildman–Crippen LogP) is 2.88. The molecule has 0 aromatic heterocycles. The summed E-state index contributed by atoms with van der Waals surface area (Å²) in [6, 6.07) is 0. The third-order valence-corrected chi connectivity index (χ3v) is 2.54. The van der Waals surface area contributed by atoms with E-state index < -0.39 is 0 Å². The van der Waals surface area contributed by atoms with Gasteiger partial charge in [0, 0.05) is 11.5 Å². The molecule has 0 amide bonds. The Labute approximate surface area is 74.2 Å². The molecule has 0 unspecified atom stereocenters. The van der Waals surface area contributed by atoms with E-state index >= 15 is 0 Å². The van der Waals surface area contributed by atoms with Gasteiger partial charge in [-0.2, -0.15) is 0 Å². The standard InChI is InChI=1S/C11H16O/c1-3-9(2)11(12)10-7-5-4-6-8-10/h3,10H,1-2,4-8H2. The third-order valence-electron chi connectivity index (χ3n) is 2.54. The van der Waals surface area contributed by atoms with E-state index in [9.17, 15) is 4.79 Å². The molecule has 1 rings (SSSR count). The summed E-state index contributed by atoms with van der Waals surface area (Å²) in [5, 5.41) is 0. The molecule has 0 aromatic carbocycles. The summed E-state index contributed by atoms with van der Waals surface area (Å²) < 4.78 is 0. The van der Waals surface area contributed by atoms with Crippen molar-refractivity contribution < 1.29 is 4.79 Å². The monoisotopic (exact) mass is 164 g/mol. The van der Waals surface area contributed by atoms with Crippen molar-refractivity contribution in [2.75, 3.05) is 0 Å². The number of hydrogen-bond acceptors (Lipinski definition) is 1. The summed E-state index contributed by atoms with van der Waals surface area (Å²) in [5.74, 6) is 0.453. The highest BCUT2D eigenvalue weighted by Gasteiger charge is 2.21. The van der Waals surface area contributed by atoms with Gasteiger partial charge in [0.15, 0.2) is 5.78 Å². The first-order chi connectivity index (χ1) is 5.75. The van der Waals surface area contributed by atoms with Crippen molar-refractivity contribution in [3.63, 3.8) is 0 Å². The second-order valence-electron chi connectivity index (χ2n) is 3.43. The van der Waals surface area contributed by atoms with Gasteiger partial charge in [-0.3, -0.25) is 4.79 Å². The molecule has 0 aliphatic heterocycles. The van der Waals surface area contributed by atoms with Crippen LogP contribution < -0.4 is 0 Å². The van der Waals surface area contributed by atoms with Crippen LogP contribution in [0, 0.1) is 5.92 Å². The highest BCUT2D eigenvalue weighted by molar-refractivity contribution is 5.98. The Hall–Kier alpha value is -0.850. The van der Waals surface area contributed by atoms with E-state index in [4.69, 9.17) is 0 Å². The van der Waals surface area contributed by atoms with Crippen LogP contribution in [0.15, 0.2) is 24.8 Å². The summed E-state index contributed by atoms with van der Waals surface area (Å²) in [6.45, 7) is 7.24. The molecule has 1 aliphatic rings. The molecule has 12 heavy (non-hydrogen) atoms. The highest BCUT2D eigenvalue weighted by atomic mass is 16.1. The van der Waals surface area contributed by atoms with Gasteiger partial charge in [0.1, 0.15) is 0 Å². The minimum absolute atomic E-state index is 0.213. The Morgan fingerprint density at radius 2 is 1.83 bits per heavy atom. The van der Waals surface area contributed by atoms with Crippen LogP contribution in [0.4, 0.5) is 0 Å². The van der Waals surface area contributed by atoms with Crippen molar-refractivity contribution in [3.05, 3.63) is 24.8 Å². The summed E-state index contributed by atoms with van der Waals surface area (Å²) in [7, 11) is 0. The Balaban J connectivity index is 2.50. The van der Waals surface area contributed by atoms with Gasteiger partial charge in [0.25, 0.3) is 0 Å². The number of rotatable bonds is 3. The van der Waals surface area contributed by atoms with E-state index in [1.54, 1.807) is 6.08 Å². The molecule has 0 saturated heterocycles. The molecule has 0 spiro atoms. The lowest BCUT2D eigenvalue weighted by Gasteiger charge is -2.20. The highest BCUT2D eigenvalue weighted by Crippen LogP contribution is 2.26. The number of ketones is 1. The molecule has 0 bridgehead atoms. The van der Waals surface area contributed by atoms with Crippen LogP contribution in [-0.2, 0) is 4.79 Å². The molecule has 0 aromatic rings. The first-order valence-electron chi connectivity index (χ1n) is 4.61. The van der Waals surface area contributed by atoms with Crippen molar-refractivity contribution in [2.45, 2.75) is 32.1 Å². The van der Waals surface area contributed by atoms with E-state index in [-0.39, 0.29) is 11.7 Å². The zero-order valence-corrected chi connectivity index (χ0v) is 7.51. The lowest BCUT2D eigenvalue weighted by atomic mass is 9.84. The van der Waals surface area contributed by atoms with Crippen LogP contribution in [0.2, 0.25) is 0 Å². The maximum absolute atomic E-state index is 11.6. The first kappa shape index (κ1) is 9.24. The molecule has 0 atom stereocenters. The zero-order chi connectivity index (χ0) is 8.97. The van der Waals surface area contributed by atoms with Crippen molar-refractivity contribution in [2.24, 2.45) is 5.92 Å². The van der Waals surface area contributed by atoms with Gasteiger partial charge in [0.05, 0.1) is 0 Å². The lowest BCUT2D eigenvalue weighted by Crippen LogP contribution is -2.18. The molecule has 1 nitrogen and oxygen atoms in total. The Morgan fingerprint density at radius 3 is 2.33 bits per heavy atom. The molecule has 1 saturated carbocycles. The topological polar surface area (TPSA) is 17.1 Å². The fourth-order valence-corrected chi connectivity index (χ4v) is 1.73. The zero-order valence-electron chi connectivity index (χ0n) is 7.51. The number of hydrogen-bond donors (Lipinski definition) is 0. The SMILES string of the molecule is C=CC(=C)C(=O)C1CCCCC1. The second kappa shape index (κ2) is 4.24. The normalized spacial score (nSPS) is 18.7. The number of allylic oxidation sites excluding steroid dienone is 2. The van der Waals surface area contributed by atoms with Gasteiger partial charge < -0.3 is 0 Å². The first-order valence-corrected chi connectivity index (χ1v) is 4.61. The molecule has 0 radical (unpaired) electrons. The predicted molar refractivity (Wildman–Crippen MR) is 50.9 cm³/mol. The maximum Gasteiger partial charge on any atom is 0.165 e. The molecule has 1 aliphatic carbocycles. The minimum Gasteiger partial charge on any atom is -0.294 e. The van der Waals surface area contributed by atoms with Crippen LogP contribution in [-0.4, -0.2) is 5.78 Å². The fourth-order valence-electron chi connectivity index (χ4n) is 1.73. The quantitative estimate of drug-likeness (QED) is 0.463. The van der Waals surface area contributed by atoms with Crippen LogP contribution in [0.1, 0.15) is 32.1 Å². The Bertz CT molecular complexity index is 197. The summed E-state index contributed by atoms with van der Waals surface area (Å²) in [6.07, 6.45) is 7.33. The third kappa shape index (κ3) is 2.07. The van der Waals surface area contributed by atoms with E-state index in [1.807, 2.05) is 0 Å². The minimum atomic E-state index is 0.213.